The highest BCUT2D eigenvalue weighted by molar-refractivity contribution is 7.09. The standard InChI is InChI=1S/C25H31N3OS/c29-17-13-23-18-27(15-16-28(23)14-7-10-21-8-3-1-4-9-21)19-25-26-24(20-30-25)22-11-5-2-6-12-22/h1-6,8-9,11-12,20,23,29H,7,10,13-19H2/t23-/m0/s1. The second-order valence-electron chi connectivity index (χ2n) is 8.02. The molecule has 0 spiro atoms. The van der Waals surface area contributed by atoms with E-state index in [9.17, 15) is 5.11 Å². The minimum Gasteiger partial charge on any atom is -0.396 e. The van der Waals surface area contributed by atoms with Crippen molar-refractivity contribution in [1.82, 2.24) is 14.8 Å². The summed E-state index contributed by atoms with van der Waals surface area (Å²) in [4.78, 5) is 9.94. The Labute approximate surface area is 183 Å². The van der Waals surface area contributed by atoms with Crippen LogP contribution >= 0.6 is 11.3 Å². The SMILES string of the molecule is OCC[C@H]1CN(Cc2nc(-c3ccccc3)cs2)CCN1CCCc1ccccc1. The molecule has 4 nitrogen and oxygen atoms in total. The van der Waals surface area contributed by atoms with Crippen LogP contribution in [0.25, 0.3) is 11.3 Å². The van der Waals surface area contributed by atoms with Crippen molar-refractivity contribution in [3.8, 4) is 11.3 Å². The number of aliphatic hydroxyl groups excluding tert-OH is 1. The predicted octanol–water partition coefficient (Wildman–Crippen LogP) is 4.31. The van der Waals surface area contributed by atoms with Gasteiger partial charge in [-0.3, -0.25) is 9.80 Å². The zero-order valence-corrected chi connectivity index (χ0v) is 18.3. The molecule has 158 valence electrons. The normalized spacial score (nSPS) is 18.0. The molecule has 1 aliphatic rings. The maximum absolute atomic E-state index is 9.59. The molecule has 30 heavy (non-hydrogen) atoms. The van der Waals surface area contributed by atoms with Gasteiger partial charge in [0.2, 0.25) is 0 Å². The van der Waals surface area contributed by atoms with Gasteiger partial charge in [-0.15, -0.1) is 11.3 Å². The first kappa shape index (κ1) is 21.2. The summed E-state index contributed by atoms with van der Waals surface area (Å²) >= 11 is 1.75. The van der Waals surface area contributed by atoms with E-state index in [4.69, 9.17) is 4.98 Å². The Hall–Kier alpha value is -2.05. The molecule has 3 aromatic rings. The van der Waals surface area contributed by atoms with Gasteiger partial charge in [-0.1, -0.05) is 60.7 Å². The molecule has 1 saturated heterocycles. The summed E-state index contributed by atoms with van der Waals surface area (Å²) in [6, 6.07) is 21.5. The van der Waals surface area contributed by atoms with Gasteiger partial charge < -0.3 is 5.11 Å². The van der Waals surface area contributed by atoms with E-state index in [0.29, 0.717) is 6.04 Å². The molecule has 0 amide bonds. The Kier molecular flexibility index (Phi) is 7.65. The number of rotatable bonds is 9. The highest BCUT2D eigenvalue weighted by Gasteiger charge is 2.26. The van der Waals surface area contributed by atoms with Gasteiger partial charge in [0.15, 0.2) is 0 Å². The molecule has 2 aromatic carbocycles. The largest absolute Gasteiger partial charge is 0.396 e. The summed E-state index contributed by atoms with van der Waals surface area (Å²) in [6.45, 7) is 5.39. The number of hydrogen-bond donors (Lipinski definition) is 1. The van der Waals surface area contributed by atoms with Crippen LogP contribution in [0.1, 0.15) is 23.4 Å². The number of hydrogen-bond acceptors (Lipinski definition) is 5. The van der Waals surface area contributed by atoms with E-state index in [2.05, 4.69) is 69.8 Å². The van der Waals surface area contributed by atoms with Gasteiger partial charge in [0, 0.05) is 43.2 Å². The number of aliphatic hydroxyl groups is 1. The molecule has 1 N–H and O–H groups in total. The summed E-state index contributed by atoms with van der Waals surface area (Å²) in [5.74, 6) is 0. The van der Waals surface area contributed by atoms with E-state index >= 15 is 0 Å². The highest BCUT2D eigenvalue weighted by Crippen LogP contribution is 2.23. The molecule has 0 bridgehead atoms. The zero-order chi connectivity index (χ0) is 20.6. The number of aromatic nitrogens is 1. The molecule has 1 fully saturated rings. The third-order valence-electron chi connectivity index (χ3n) is 5.88. The van der Waals surface area contributed by atoms with Crippen LogP contribution in [-0.2, 0) is 13.0 Å². The van der Waals surface area contributed by atoms with Gasteiger partial charge in [0.05, 0.1) is 12.2 Å². The fraction of sp³-hybridized carbons (Fsp3) is 0.400. The van der Waals surface area contributed by atoms with E-state index < -0.39 is 0 Å². The van der Waals surface area contributed by atoms with E-state index in [1.807, 2.05) is 6.07 Å². The van der Waals surface area contributed by atoms with Gasteiger partial charge in [0.1, 0.15) is 5.01 Å². The van der Waals surface area contributed by atoms with Crippen molar-refractivity contribution in [2.24, 2.45) is 0 Å². The van der Waals surface area contributed by atoms with Crippen LogP contribution in [0.2, 0.25) is 0 Å². The molecule has 5 heteroatoms. The summed E-state index contributed by atoms with van der Waals surface area (Å²) < 4.78 is 0. The Bertz CT molecular complexity index is 884. The Morgan fingerprint density at radius 2 is 1.77 bits per heavy atom. The molecule has 0 aliphatic carbocycles. The second kappa shape index (κ2) is 10.8. The van der Waals surface area contributed by atoms with Crippen LogP contribution < -0.4 is 0 Å². The van der Waals surface area contributed by atoms with Crippen molar-refractivity contribution < 1.29 is 5.11 Å². The van der Waals surface area contributed by atoms with Crippen molar-refractivity contribution in [2.45, 2.75) is 31.8 Å². The smallest absolute Gasteiger partial charge is 0.107 e. The third kappa shape index (κ3) is 5.76. The van der Waals surface area contributed by atoms with Gasteiger partial charge in [-0.05, 0) is 31.4 Å². The Morgan fingerprint density at radius 3 is 2.53 bits per heavy atom. The summed E-state index contributed by atoms with van der Waals surface area (Å²) in [6.07, 6.45) is 3.13. The molecule has 0 saturated carbocycles. The van der Waals surface area contributed by atoms with E-state index in [1.165, 1.54) is 22.6 Å². The summed E-state index contributed by atoms with van der Waals surface area (Å²) in [5, 5.41) is 12.9. The van der Waals surface area contributed by atoms with Gasteiger partial charge in [-0.25, -0.2) is 4.98 Å². The van der Waals surface area contributed by atoms with Crippen molar-refractivity contribution >= 4 is 11.3 Å². The Balaban J connectivity index is 1.30. The van der Waals surface area contributed by atoms with Crippen molar-refractivity contribution in [3.63, 3.8) is 0 Å². The van der Waals surface area contributed by atoms with Crippen LogP contribution in [0.15, 0.2) is 66.0 Å². The maximum Gasteiger partial charge on any atom is 0.107 e. The molecular weight excluding hydrogens is 390 g/mol. The monoisotopic (exact) mass is 421 g/mol. The van der Waals surface area contributed by atoms with Crippen molar-refractivity contribution in [2.75, 3.05) is 32.8 Å². The second-order valence-corrected chi connectivity index (χ2v) is 8.96. The summed E-state index contributed by atoms with van der Waals surface area (Å²) in [5.41, 5.74) is 3.66. The molecule has 1 aliphatic heterocycles. The van der Waals surface area contributed by atoms with Crippen LogP contribution in [-0.4, -0.2) is 58.7 Å². The van der Waals surface area contributed by atoms with E-state index in [1.54, 1.807) is 11.3 Å². The predicted molar refractivity (Wildman–Crippen MR) is 125 cm³/mol. The average Bonchev–Trinajstić information content (AvgIpc) is 3.25. The van der Waals surface area contributed by atoms with Crippen LogP contribution in [0.5, 0.6) is 0 Å². The quantitative estimate of drug-likeness (QED) is 0.559. The fourth-order valence-electron chi connectivity index (χ4n) is 4.27. The van der Waals surface area contributed by atoms with Crippen molar-refractivity contribution in [3.05, 3.63) is 76.6 Å². The molecule has 1 atom stereocenters. The van der Waals surface area contributed by atoms with E-state index in [0.717, 1.165) is 51.3 Å². The lowest BCUT2D eigenvalue weighted by Crippen LogP contribution is -2.53. The maximum atomic E-state index is 9.59. The number of thiazole rings is 1. The number of aryl methyl sites for hydroxylation is 1. The molecule has 1 aromatic heterocycles. The summed E-state index contributed by atoms with van der Waals surface area (Å²) in [7, 11) is 0. The minimum absolute atomic E-state index is 0.253. The Morgan fingerprint density at radius 1 is 1.00 bits per heavy atom. The van der Waals surface area contributed by atoms with Gasteiger partial charge >= 0.3 is 0 Å². The lowest BCUT2D eigenvalue weighted by molar-refractivity contribution is 0.0546. The highest BCUT2D eigenvalue weighted by atomic mass is 32.1. The lowest BCUT2D eigenvalue weighted by Gasteiger charge is -2.41. The molecule has 2 heterocycles. The topological polar surface area (TPSA) is 39.6 Å². The lowest BCUT2D eigenvalue weighted by atomic mass is 10.1. The third-order valence-corrected chi connectivity index (χ3v) is 6.72. The number of nitrogens with zero attached hydrogens (tertiary/aromatic N) is 3. The molecule has 4 rings (SSSR count). The minimum atomic E-state index is 0.253. The van der Waals surface area contributed by atoms with Crippen molar-refractivity contribution in [1.29, 1.82) is 0 Å². The number of piperazine rings is 1. The fourth-order valence-corrected chi connectivity index (χ4v) is 5.11. The average molecular weight is 422 g/mol. The zero-order valence-electron chi connectivity index (χ0n) is 17.5. The first-order valence-electron chi connectivity index (χ1n) is 10.9. The van der Waals surface area contributed by atoms with Crippen LogP contribution in [0, 0.1) is 0 Å². The molecule has 0 unspecified atom stereocenters. The molecule has 0 radical (unpaired) electrons. The van der Waals surface area contributed by atoms with Gasteiger partial charge in [0.25, 0.3) is 0 Å². The van der Waals surface area contributed by atoms with E-state index in [-0.39, 0.29) is 6.61 Å². The van der Waals surface area contributed by atoms with Gasteiger partial charge in [-0.2, -0.15) is 0 Å². The first-order valence-corrected chi connectivity index (χ1v) is 11.8. The number of benzene rings is 2. The first-order chi connectivity index (χ1) is 14.8. The van der Waals surface area contributed by atoms with Crippen LogP contribution in [0.4, 0.5) is 0 Å². The molecular formula is C25H31N3OS. The van der Waals surface area contributed by atoms with Crippen LogP contribution in [0.3, 0.4) is 0 Å².